The maximum Gasteiger partial charge on any atom is 0.338 e. The second kappa shape index (κ2) is 22.4. The summed E-state index contributed by atoms with van der Waals surface area (Å²) in [7, 11) is 0. The Morgan fingerprint density at radius 1 is 0.515 bits per heavy atom. The SMILES string of the molecule is CCS[C@@H]1O[C@H](CO[C@H]2O[C@H](COCc3ccccc3)[C@@H]3OC(C)(C)O[C@@H]3[C@H]2OCc2ccccc2)[C@@H](OC(=O)c2ccccc2)[C@H](OC(=O)c2ccccc2)[C@H]1OC(=O)c1ccccc1. The number of ether oxygens (including phenoxy) is 10. The van der Waals surface area contributed by atoms with Crippen LogP contribution in [0.15, 0.2) is 152 Å². The highest BCUT2D eigenvalue weighted by atomic mass is 32.2. The number of hydrogen-bond acceptors (Lipinski definition) is 14. The number of benzene rings is 5. The number of hydrogen-bond donors (Lipinski definition) is 0. The van der Waals surface area contributed by atoms with E-state index in [0.29, 0.717) is 12.4 Å². The lowest BCUT2D eigenvalue weighted by Gasteiger charge is -2.46. The number of thioether (sulfide) groups is 1. The van der Waals surface area contributed by atoms with E-state index in [2.05, 4.69) is 0 Å². The molecule has 3 aliphatic rings. The van der Waals surface area contributed by atoms with Crippen molar-refractivity contribution in [1.29, 1.82) is 0 Å². The lowest BCUT2D eigenvalue weighted by Crippen LogP contribution is -2.63. The first kappa shape index (κ1) is 47.1. The van der Waals surface area contributed by atoms with Gasteiger partial charge in [0.05, 0.1) is 43.1 Å². The van der Waals surface area contributed by atoms with Crippen molar-refractivity contribution >= 4 is 29.7 Å². The Labute approximate surface area is 388 Å². The van der Waals surface area contributed by atoms with Gasteiger partial charge in [0.2, 0.25) is 0 Å². The number of carbonyl (C=O) groups is 3. The Kier molecular flexibility index (Phi) is 16.0. The molecule has 0 amide bonds. The van der Waals surface area contributed by atoms with Crippen LogP contribution in [0.1, 0.15) is 63.0 Å². The van der Waals surface area contributed by atoms with Crippen molar-refractivity contribution < 1.29 is 61.8 Å². The monoisotopic (exact) mass is 918 g/mol. The third kappa shape index (κ3) is 11.9. The van der Waals surface area contributed by atoms with E-state index in [4.69, 9.17) is 47.4 Å². The van der Waals surface area contributed by atoms with Gasteiger partial charge in [-0.3, -0.25) is 0 Å². The Morgan fingerprint density at radius 3 is 1.52 bits per heavy atom. The highest BCUT2D eigenvalue weighted by Crippen LogP contribution is 2.41. The first-order valence-corrected chi connectivity index (χ1v) is 23.2. The van der Waals surface area contributed by atoms with Crippen molar-refractivity contribution in [2.75, 3.05) is 19.0 Å². The maximum absolute atomic E-state index is 14.1. The molecular weight excluding hydrogens is 865 g/mol. The average Bonchev–Trinajstić information content (AvgIpc) is 3.68. The summed E-state index contributed by atoms with van der Waals surface area (Å²) in [4.78, 5) is 41.9. The van der Waals surface area contributed by atoms with E-state index in [1.54, 1.807) is 91.0 Å². The number of carbonyl (C=O) groups excluding carboxylic acids is 3. The van der Waals surface area contributed by atoms with E-state index in [1.165, 1.54) is 11.8 Å². The molecule has 8 rings (SSSR count). The van der Waals surface area contributed by atoms with Crippen molar-refractivity contribution in [2.45, 2.75) is 100 Å². The zero-order valence-corrected chi connectivity index (χ0v) is 37.8. The van der Waals surface area contributed by atoms with E-state index in [0.717, 1.165) is 11.1 Å². The molecule has 5 aromatic carbocycles. The molecule has 0 N–H and O–H groups in total. The van der Waals surface area contributed by atoms with Crippen LogP contribution in [0, 0.1) is 0 Å². The fourth-order valence-corrected chi connectivity index (χ4v) is 9.07. The van der Waals surface area contributed by atoms with E-state index in [9.17, 15) is 14.4 Å². The van der Waals surface area contributed by atoms with Crippen LogP contribution in [0.3, 0.4) is 0 Å². The van der Waals surface area contributed by atoms with Crippen molar-refractivity contribution in [2.24, 2.45) is 0 Å². The molecule has 0 aliphatic carbocycles. The molecule has 3 fully saturated rings. The molecule has 14 heteroatoms. The molecule has 13 nitrogen and oxygen atoms in total. The maximum atomic E-state index is 14.1. The standard InChI is InChI=1S/C52H54O13S/c1-4-66-51-46(63-49(55)38-28-18-9-19-29-38)43(62-48(54)37-26-16-8-17-27-37)41(61-47(53)36-24-14-7-15-25-36)40(60-51)33-58-50-45(57-31-35-22-12-6-13-23-35)44-42(64-52(2,3)65-44)39(59-50)32-56-30-34-20-10-5-11-21-34/h5-29,39-46,50-51H,4,30-33H2,1-3H3/t39-,40-,41-,42+,43+,44+,45-,46-,50+,51+/m1/s1. The second-order valence-electron chi connectivity index (χ2n) is 16.4. The summed E-state index contributed by atoms with van der Waals surface area (Å²) in [5.41, 5.74) is 1.75. The summed E-state index contributed by atoms with van der Waals surface area (Å²) < 4.78 is 65.0. The molecule has 66 heavy (non-hydrogen) atoms. The van der Waals surface area contributed by atoms with Crippen molar-refractivity contribution in [1.82, 2.24) is 0 Å². The zero-order chi connectivity index (χ0) is 45.9. The minimum absolute atomic E-state index is 0.138. The summed E-state index contributed by atoms with van der Waals surface area (Å²) in [5, 5.41) is 0. The van der Waals surface area contributed by atoms with Crippen LogP contribution < -0.4 is 0 Å². The lowest BCUT2D eigenvalue weighted by atomic mass is 9.97. The molecule has 0 radical (unpaired) electrons. The molecule has 346 valence electrons. The first-order chi connectivity index (χ1) is 32.2. The molecule has 0 spiro atoms. The van der Waals surface area contributed by atoms with Crippen LogP contribution in [-0.2, 0) is 60.6 Å². The number of rotatable bonds is 18. The summed E-state index contributed by atoms with van der Waals surface area (Å²) >= 11 is 1.34. The Morgan fingerprint density at radius 2 is 0.985 bits per heavy atom. The van der Waals surface area contributed by atoms with Crippen LogP contribution in [0.2, 0.25) is 0 Å². The third-order valence-corrected chi connectivity index (χ3v) is 12.3. The smallest absolute Gasteiger partial charge is 0.338 e. The van der Waals surface area contributed by atoms with Gasteiger partial charge in [-0.2, -0.15) is 0 Å². The third-order valence-electron chi connectivity index (χ3n) is 11.2. The van der Waals surface area contributed by atoms with Gasteiger partial charge in [0.25, 0.3) is 0 Å². The van der Waals surface area contributed by atoms with E-state index in [-0.39, 0.29) is 36.5 Å². The van der Waals surface area contributed by atoms with E-state index < -0.39 is 84.3 Å². The van der Waals surface area contributed by atoms with Crippen LogP contribution >= 0.6 is 11.8 Å². The van der Waals surface area contributed by atoms with Gasteiger partial charge >= 0.3 is 17.9 Å². The van der Waals surface area contributed by atoms with Gasteiger partial charge < -0.3 is 47.4 Å². The summed E-state index contributed by atoms with van der Waals surface area (Å²) in [6.45, 7) is 6.01. The van der Waals surface area contributed by atoms with Gasteiger partial charge in [0.1, 0.15) is 36.0 Å². The fraction of sp³-hybridized carbons (Fsp3) is 0.365. The molecule has 0 bridgehead atoms. The minimum atomic E-state index is -1.38. The molecule has 0 unspecified atom stereocenters. The Hall–Kier alpha value is -5.42. The molecule has 0 saturated carbocycles. The van der Waals surface area contributed by atoms with Gasteiger partial charge in [0, 0.05) is 0 Å². The quantitative estimate of drug-likeness (QED) is 0.0615. The van der Waals surface area contributed by atoms with Gasteiger partial charge in [-0.05, 0) is 67.1 Å². The summed E-state index contributed by atoms with van der Waals surface area (Å²) in [6.07, 6.45) is -8.93. The fourth-order valence-electron chi connectivity index (χ4n) is 8.12. The van der Waals surface area contributed by atoms with E-state index >= 15 is 0 Å². The molecule has 3 aliphatic heterocycles. The summed E-state index contributed by atoms with van der Waals surface area (Å²) in [6, 6.07) is 44.8. The highest BCUT2D eigenvalue weighted by Gasteiger charge is 2.58. The topological polar surface area (TPSA) is 144 Å². The zero-order valence-electron chi connectivity index (χ0n) is 37.0. The summed E-state index contributed by atoms with van der Waals surface area (Å²) in [5.74, 6) is -2.59. The molecular formula is C52H54O13S. The van der Waals surface area contributed by atoms with Crippen LogP contribution in [-0.4, -0.2) is 103 Å². The first-order valence-electron chi connectivity index (χ1n) is 22.1. The molecule has 5 aromatic rings. The van der Waals surface area contributed by atoms with Crippen molar-refractivity contribution in [3.63, 3.8) is 0 Å². The predicted octanol–water partition coefficient (Wildman–Crippen LogP) is 8.21. The van der Waals surface area contributed by atoms with Gasteiger partial charge in [-0.1, -0.05) is 122 Å². The highest BCUT2D eigenvalue weighted by molar-refractivity contribution is 7.99. The molecule has 10 atom stereocenters. The number of esters is 3. The predicted molar refractivity (Wildman–Crippen MR) is 243 cm³/mol. The van der Waals surface area contributed by atoms with Crippen LogP contribution in [0.4, 0.5) is 0 Å². The average molecular weight is 919 g/mol. The Balaban J connectivity index is 1.13. The lowest BCUT2D eigenvalue weighted by molar-refractivity contribution is -0.307. The van der Waals surface area contributed by atoms with Gasteiger partial charge in [0.15, 0.2) is 30.4 Å². The van der Waals surface area contributed by atoms with Crippen molar-refractivity contribution in [3.05, 3.63) is 179 Å². The molecule has 3 heterocycles. The molecule has 0 aromatic heterocycles. The second-order valence-corrected chi connectivity index (χ2v) is 17.8. The largest absolute Gasteiger partial charge is 0.452 e. The van der Waals surface area contributed by atoms with Gasteiger partial charge in [-0.15, -0.1) is 11.8 Å². The molecule has 3 saturated heterocycles. The Bertz CT molecular complexity index is 2300. The minimum Gasteiger partial charge on any atom is -0.452 e. The van der Waals surface area contributed by atoms with Crippen LogP contribution in [0.5, 0.6) is 0 Å². The normalized spacial score (nSPS) is 26.7. The van der Waals surface area contributed by atoms with Gasteiger partial charge in [-0.25, -0.2) is 14.4 Å². The van der Waals surface area contributed by atoms with E-state index in [1.807, 2.05) is 81.4 Å². The number of fused-ring (bicyclic) bond motifs is 1. The van der Waals surface area contributed by atoms with Crippen molar-refractivity contribution in [3.8, 4) is 0 Å². The van der Waals surface area contributed by atoms with Crippen LogP contribution in [0.25, 0.3) is 0 Å².